The quantitative estimate of drug-likeness (QED) is 0.761. The molecule has 0 radical (unpaired) electrons. The first-order valence-corrected chi connectivity index (χ1v) is 7.07. The molecular formula is C10H13ClO4S. The Labute approximate surface area is 99.6 Å². The van der Waals surface area contributed by atoms with Crippen molar-refractivity contribution >= 4 is 19.7 Å². The molecule has 0 aliphatic rings. The molecule has 0 unspecified atom stereocenters. The Morgan fingerprint density at radius 3 is 2.44 bits per heavy atom. The van der Waals surface area contributed by atoms with Crippen LogP contribution in [0.1, 0.15) is 5.56 Å². The third-order valence-corrected chi connectivity index (χ3v) is 3.26. The second kappa shape index (κ2) is 5.41. The van der Waals surface area contributed by atoms with Crippen LogP contribution in [0, 0.1) is 0 Å². The lowest BCUT2D eigenvalue weighted by molar-refractivity contribution is 0.399. The van der Waals surface area contributed by atoms with Gasteiger partial charge in [0.1, 0.15) is 11.5 Å². The van der Waals surface area contributed by atoms with Crippen molar-refractivity contribution in [3.63, 3.8) is 0 Å². The maximum absolute atomic E-state index is 10.9. The zero-order valence-corrected chi connectivity index (χ0v) is 10.6. The molecule has 6 heteroatoms. The zero-order chi connectivity index (χ0) is 12.2. The fourth-order valence-corrected chi connectivity index (χ4v) is 2.00. The normalized spacial score (nSPS) is 11.2. The number of rotatable bonds is 5. The third-order valence-electron chi connectivity index (χ3n) is 2.10. The lowest BCUT2D eigenvalue weighted by Crippen LogP contribution is -2.03. The molecule has 1 rings (SSSR count). The number of hydrogen-bond donors (Lipinski definition) is 0. The number of ether oxygens (including phenoxy) is 2. The standard InChI is InChI=1S/C10H13ClO4S/c1-14-9-3-4-10(15-2)8(7-9)5-6-16(11,12)13/h3-4,7H,5-6H2,1-2H3. The summed E-state index contributed by atoms with van der Waals surface area (Å²) >= 11 is 0. The van der Waals surface area contributed by atoms with Gasteiger partial charge in [-0.1, -0.05) is 0 Å². The lowest BCUT2D eigenvalue weighted by atomic mass is 10.1. The molecule has 0 amide bonds. The van der Waals surface area contributed by atoms with Gasteiger partial charge in [-0.2, -0.15) is 0 Å². The summed E-state index contributed by atoms with van der Waals surface area (Å²) in [5, 5.41) is 0. The van der Waals surface area contributed by atoms with Crippen LogP contribution in [0.5, 0.6) is 11.5 Å². The van der Waals surface area contributed by atoms with Crippen LogP contribution >= 0.6 is 10.7 Å². The van der Waals surface area contributed by atoms with Crippen LogP contribution in [0.4, 0.5) is 0 Å². The summed E-state index contributed by atoms with van der Waals surface area (Å²) in [4.78, 5) is 0. The van der Waals surface area contributed by atoms with Crippen LogP contribution in [0.3, 0.4) is 0 Å². The molecule has 0 aliphatic carbocycles. The first-order chi connectivity index (χ1) is 7.46. The van der Waals surface area contributed by atoms with Crippen LogP contribution in [0.25, 0.3) is 0 Å². The average molecular weight is 265 g/mol. The van der Waals surface area contributed by atoms with E-state index in [1.54, 1.807) is 25.3 Å². The largest absolute Gasteiger partial charge is 0.497 e. The van der Waals surface area contributed by atoms with E-state index in [4.69, 9.17) is 20.2 Å². The molecule has 0 atom stereocenters. The van der Waals surface area contributed by atoms with E-state index in [1.807, 2.05) is 0 Å². The Kier molecular flexibility index (Phi) is 4.44. The van der Waals surface area contributed by atoms with Gasteiger partial charge >= 0.3 is 0 Å². The van der Waals surface area contributed by atoms with Gasteiger partial charge in [0, 0.05) is 10.7 Å². The number of halogens is 1. The van der Waals surface area contributed by atoms with Crippen LogP contribution in [0.2, 0.25) is 0 Å². The van der Waals surface area contributed by atoms with Gasteiger partial charge in [-0.3, -0.25) is 0 Å². The SMILES string of the molecule is COc1ccc(OC)c(CCS(=O)(=O)Cl)c1. The number of benzene rings is 1. The van der Waals surface area contributed by atoms with E-state index in [-0.39, 0.29) is 5.75 Å². The van der Waals surface area contributed by atoms with Crippen LogP contribution in [-0.2, 0) is 15.5 Å². The highest BCUT2D eigenvalue weighted by Gasteiger charge is 2.10. The molecule has 0 saturated heterocycles. The van der Waals surface area contributed by atoms with E-state index in [0.29, 0.717) is 17.9 Å². The fraction of sp³-hybridized carbons (Fsp3) is 0.400. The second-order valence-corrected chi connectivity index (χ2v) is 6.07. The van der Waals surface area contributed by atoms with Crippen molar-refractivity contribution in [2.24, 2.45) is 0 Å². The Bertz CT molecular complexity index is 456. The van der Waals surface area contributed by atoms with Crippen molar-refractivity contribution in [2.45, 2.75) is 6.42 Å². The van der Waals surface area contributed by atoms with Crippen molar-refractivity contribution in [1.82, 2.24) is 0 Å². The Balaban J connectivity index is 2.91. The third kappa shape index (κ3) is 3.90. The van der Waals surface area contributed by atoms with Gasteiger partial charge < -0.3 is 9.47 Å². The topological polar surface area (TPSA) is 52.6 Å². The zero-order valence-electron chi connectivity index (χ0n) is 9.07. The van der Waals surface area contributed by atoms with E-state index >= 15 is 0 Å². The Morgan fingerprint density at radius 2 is 1.94 bits per heavy atom. The van der Waals surface area contributed by atoms with Gasteiger partial charge in [-0.25, -0.2) is 8.42 Å². The van der Waals surface area contributed by atoms with Crippen molar-refractivity contribution in [3.05, 3.63) is 23.8 Å². The Hall–Kier alpha value is -0.940. The van der Waals surface area contributed by atoms with E-state index in [0.717, 1.165) is 5.56 Å². The molecule has 0 bridgehead atoms. The summed E-state index contributed by atoms with van der Waals surface area (Å²) in [5.74, 6) is 1.15. The smallest absolute Gasteiger partial charge is 0.232 e. The molecule has 0 aliphatic heterocycles. The van der Waals surface area contributed by atoms with Gasteiger partial charge in [-0.15, -0.1) is 0 Å². The molecule has 0 heterocycles. The minimum atomic E-state index is -3.49. The molecule has 1 aromatic carbocycles. The molecule has 16 heavy (non-hydrogen) atoms. The predicted octanol–water partition coefficient (Wildman–Crippen LogP) is 1.81. The highest BCUT2D eigenvalue weighted by atomic mass is 35.7. The van der Waals surface area contributed by atoms with E-state index < -0.39 is 9.05 Å². The number of methoxy groups -OCH3 is 2. The summed E-state index contributed by atoms with van der Waals surface area (Å²) in [5.41, 5.74) is 0.756. The highest BCUT2D eigenvalue weighted by Crippen LogP contribution is 2.24. The van der Waals surface area contributed by atoms with Crippen LogP contribution < -0.4 is 9.47 Å². The van der Waals surface area contributed by atoms with Gasteiger partial charge in [0.2, 0.25) is 9.05 Å². The molecule has 1 aromatic rings. The highest BCUT2D eigenvalue weighted by molar-refractivity contribution is 8.13. The van der Waals surface area contributed by atoms with Gasteiger partial charge in [0.25, 0.3) is 0 Å². The van der Waals surface area contributed by atoms with Crippen molar-refractivity contribution < 1.29 is 17.9 Å². The predicted molar refractivity (Wildman–Crippen MR) is 62.9 cm³/mol. The number of aryl methyl sites for hydroxylation is 1. The fourth-order valence-electron chi connectivity index (χ4n) is 1.31. The lowest BCUT2D eigenvalue weighted by Gasteiger charge is -2.09. The molecule has 90 valence electrons. The summed E-state index contributed by atoms with van der Waals surface area (Å²) in [6, 6.07) is 5.22. The summed E-state index contributed by atoms with van der Waals surface area (Å²) in [7, 11) is 4.74. The minimum absolute atomic E-state index is 0.127. The average Bonchev–Trinajstić information content (AvgIpc) is 2.25. The molecular weight excluding hydrogens is 252 g/mol. The molecule has 0 N–H and O–H groups in total. The Morgan fingerprint density at radius 1 is 1.25 bits per heavy atom. The monoisotopic (exact) mass is 264 g/mol. The van der Waals surface area contributed by atoms with Gasteiger partial charge in [0.15, 0.2) is 0 Å². The van der Waals surface area contributed by atoms with Gasteiger partial charge in [0.05, 0.1) is 20.0 Å². The van der Waals surface area contributed by atoms with E-state index in [2.05, 4.69) is 0 Å². The summed E-state index contributed by atoms with van der Waals surface area (Å²) < 4.78 is 31.9. The molecule has 0 spiro atoms. The van der Waals surface area contributed by atoms with Crippen molar-refractivity contribution in [2.75, 3.05) is 20.0 Å². The molecule has 0 fully saturated rings. The summed E-state index contributed by atoms with van der Waals surface area (Å²) in [6.45, 7) is 0. The second-order valence-electron chi connectivity index (χ2n) is 3.17. The van der Waals surface area contributed by atoms with Gasteiger partial charge in [-0.05, 0) is 30.2 Å². The first-order valence-electron chi connectivity index (χ1n) is 4.59. The molecule has 4 nitrogen and oxygen atoms in total. The maximum Gasteiger partial charge on any atom is 0.232 e. The van der Waals surface area contributed by atoms with Crippen LogP contribution in [0.15, 0.2) is 18.2 Å². The molecule has 0 saturated carbocycles. The first kappa shape index (κ1) is 13.1. The van der Waals surface area contributed by atoms with E-state index in [9.17, 15) is 8.42 Å². The molecule has 0 aromatic heterocycles. The number of hydrogen-bond acceptors (Lipinski definition) is 4. The van der Waals surface area contributed by atoms with Crippen LogP contribution in [-0.4, -0.2) is 28.4 Å². The minimum Gasteiger partial charge on any atom is -0.497 e. The van der Waals surface area contributed by atoms with Crippen molar-refractivity contribution in [3.8, 4) is 11.5 Å². The van der Waals surface area contributed by atoms with E-state index in [1.165, 1.54) is 7.11 Å². The summed E-state index contributed by atoms with van der Waals surface area (Å²) in [6.07, 6.45) is 0.298. The maximum atomic E-state index is 10.9. The van der Waals surface area contributed by atoms with Crippen molar-refractivity contribution in [1.29, 1.82) is 0 Å².